The van der Waals surface area contributed by atoms with Gasteiger partial charge in [0.2, 0.25) is 0 Å². The van der Waals surface area contributed by atoms with E-state index in [9.17, 15) is 5.26 Å². The molecule has 0 unspecified atom stereocenters. The van der Waals surface area contributed by atoms with Crippen molar-refractivity contribution in [2.75, 3.05) is 35.3 Å². The van der Waals surface area contributed by atoms with E-state index in [1.54, 1.807) is 11.3 Å². The molecule has 0 radical (unpaired) electrons. The standard InChI is InChI=1S/C18H19N5S/c1-22-16-8-4-3-7-14(16)20-17(22)13(11-19)15-12-24-18(21-15)23-9-5-2-6-10-23/h3-4,7-8,12,20H,2,5-6,9-10H2,1H3. The van der Waals surface area contributed by atoms with E-state index in [2.05, 4.69) is 16.3 Å². The molecule has 2 aliphatic rings. The number of piperidine rings is 1. The number of rotatable bonds is 2. The van der Waals surface area contributed by atoms with Crippen molar-refractivity contribution in [3.63, 3.8) is 0 Å². The van der Waals surface area contributed by atoms with E-state index in [4.69, 9.17) is 4.98 Å². The fourth-order valence-electron chi connectivity index (χ4n) is 3.27. The van der Waals surface area contributed by atoms with Gasteiger partial charge in [0.05, 0.1) is 17.1 Å². The summed E-state index contributed by atoms with van der Waals surface area (Å²) in [6, 6.07) is 10.4. The largest absolute Gasteiger partial charge is 0.348 e. The molecule has 1 fully saturated rings. The molecule has 1 aromatic heterocycles. The number of hydrogen-bond acceptors (Lipinski definition) is 6. The first-order valence-electron chi connectivity index (χ1n) is 8.23. The Hall–Kier alpha value is -2.52. The molecule has 24 heavy (non-hydrogen) atoms. The van der Waals surface area contributed by atoms with Crippen molar-refractivity contribution in [3.8, 4) is 6.07 Å². The molecule has 5 nitrogen and oxygen atoms in total. The molecule has 6 heteroatoms. The van der Waals surface area contributed by atoms with Crippen LogP contribution in [0.3, 0.4) is 0 Å². The van der Waals surface area contributed by atoms with Gasteiger partial charge in [-0.3, -0.25) is 0 Å². The lowest BCUT2D eigenvalue weighted by Gasteiger charge is -2.25. The lowest BCUT2D eigenvalue weighted by atomic mass is 10.1. The zero-order valence-electron chi connectivity index (χ0n) is 13.6. The quantitative estimate of drug-likeness (QED) is 0.843. The zero-order valence-corrected chi connectivity index (χ0v) is 14.4. The van der Waals surface area contributed by atoms with E-state index in [1.165, 1.54) is 19.3 Å². The number of nitrogens with zero attached hydrogens (tertiary/aromatic N) is 4. The summed E-state index contributed by atoms with van der Waals surface area (Å²) < 4.78 is 0. The number of para-hydroxylation sites is 2. The van der Waals surface area contributed by atoms with Crippen molar-refractivity contribution in [3.05, 3.63) is 41.2 Å². The highest BCUT2D eigenvalue weighted by Crippen LogP contribution is 2.38. The monoisotopic (exact) mass is 337 g/mol. The van der Waals surface area contributed by atoms with Gasteiger partial charge in [0, 0.05) is 25.5 Å². The van der Waals surface area contributed by atoms with Gasteiger partial charge in [0.1, 0.15) is 17.5 Å². The minimum atomic E-state index is 0.591. The van der Waals surface area contributed by atoms with Crippen molar-refractivity contribution < 1.29 is 0 Å². The van der Waals surface area contributed by atoms with E-state index < -0.39 is 0 Å². The fraction of sp³-hybridized carbons (Fsp3) is 0.333. The molecule has 0 atom stereocenters. The molecule has 2 aliphatic heterocycles. The van der Waals surface area contributed by atoms with Gasteiger partial charge in [-0.1, -0.05) is 12.1 Å². The first-order chi connectivity index (χ1) is 11.8. The van der Waals surface area contributed by atoms with Crippen LogP contribution in [0, 0.1) is 11.3 Å². The van der Waals surface area contributed by atoms with Gasteiger partial charge >= 0.3 is 0 Å². The lowest BCUT2D eigenvalue weighted by Crippen LogP contribution is -2.29. The number of hydrogen-bond donors (Lipinski definition) is 1. The van der Waals surface area contributed by atoms with Gasteiger partial charge < -0.3 is 15.1 Å². The van der Waals surface area contributed by atoms with Crippen LogP contribution in [0.5, 0.6) is 0 Å². The van der Waals surface area contributed by atoms with E-state index >= 15 is 0 Å². The molecule has 2 aromatic rings. The normalized spacial score (nSPS) is 18.8. The van der Waals surface area contributed by atoms with E-state index in [0.29, 0.717) is 5.57 Å². The minimum Gasteiger partial charge on any atom is -0.348 e. The van der Waals surface area contributed by atoms with Gasteiger partial charge in [-0.05, 0) is 31.4 Å². The number of aromatic nitrogens is 1. The predicted octanol–water partition coefficient (Wildman–Crippen LogP) is 3.89. The summed E-state index contributed by atoms with van der Waals surface area (Å²) >= 11 is 1.63. The third-order valence-corrected chi connectivity index (χ3v) is 5.48. The SMILES string of the molecule is CN1C(=C(C#N)c2csc(N3CCCCC3)n2)Nc2ccccc21. The third-order valence-electron chi connectivity index (χ3n) is 4.58. The summed E-state index contributed by atoms with van der Waals surface area (Å²) in [4.78, 5) is 9.10. The number of benzene rings is 1. The second-order valence-electron chi connectivity index (χ2n) is 6.10. The Bertz CT molecular complexity index is 826. The first kappa shape index (κ1) is 15.0. The maximum atomic E-state index is 9.73. The molecule has 0 saturated carbocycles. The number of nitriles is 1. The van der Waals surface area contributed by atoms with Crippen molar-refractivity contribution in [1.29, 1.82) is 5.26 Å². The van der Waals surface area contributed by atoms with Crippen LogP contribution >= 0.6 is 11.3 Å². The molecule has 4 rings (SSSR count). The number of allylic oxidation sites excluding steroid dienone is 1. The van der Waals surface area contributed by atoms with Crippen LogP contribution in [0.4, 0.5) is 16.5 Å². The van der Waals surface area contributed by atoms with Crippen LogP contribution in [0.1, 0.15) is 25.0 Å². The Labute approximate surface area is 145 Å². The summed E-state index contributed by atoms with van der Waals surface area (Å²) in [5, 5.41) is 16.1. The van der Waals surface area contributed by atoms with Crippen molar-refractivity contribution in [2.45, 2.75) is 19.3 Å². The third kappa shape index (κ3) is 2.51. The molecular weight excluding hydrogens is 318 g/mol. The molecule has 1 N–H and O–H groups in total. The van der Waals surface area contributed by atoms with Gasteiger partial charge in [0.15, 0.2) is 5.13 Å². The Morgan fingerprint density at radius 3 is 2.79 bits per heavy atom. The highest BCUT2D eigenvalue weighted by molar-refractivity contribution is 7.13. The molecule has 0 spiro atoms. The highest BCUT2D eigenvalue weighted by atomic mass is 32.1. The number of fused-ring (bicyclic) bond motifs is 1. The van der Waals surface area contributed by atoms with Crippen LogP contribution in [-0.4, -0.2) is 25.1 Å². The summed E-state index contributed by atoms with van der Waals surface area (Å²) in [7, 11) is 1.98. The maximum absolute atomic E-state index is 9.73. The van der Waals surface area contributed by atoms with Gasteiger partial charge in [-0.25, -0.2) is 4.98 Å². The van der Waals surface area contributed by atoms with E-state index in [-0.39, 0.29) is 0 Å². The van der Waals surface area contributed by atoms with Crippen LogP contribution in [0.2, 0.25) is 0 Å². The molecule has 3 heterocycles. The molecule has 122 valence electrons. The van der Waals surface area contributed by atoms with Gasteiger partial charge in [-0.2, -0.15) is 5.26 Å². The molecular formula is C18H19N5S. The van der Waals surface area contributed by atoms with Crippen molar-refractivity contribution in [1.82, 2.24) is 4.98 Å². The summed E-state index contributed by atoms with van der Waals surface area (Å²) in [5.41, 5.74) is 3.44. The first-order valence-corrected chi connectivity index (χ1v) is 9.11. The topological polar surface area (TPSA) is 55.2 Å². The molecule has 1 saturated heterocycles. The Balaban J connectivity index is 1.68. The number of thiazole rings is 1. The Morgan fingerprint density at radius 1 is 1.25 bits per heavy atom. The van der Waals surface area contributed by atoms with Gasteiger partial charge in [0.25, 0.3) is 0 Å². The average Bonchev–Trinajstić information content (AvgIpc) is 3.23. The van der Waals surface area contributed by atoms with Crippen LogP contribution in [-0.2, 0) is 0 Å². The van der Waals surface area contributed by atoms with Crippen molar-refractivity contribution in [2.24, 2.45) is 0 Å². The highest BCUT2D eigenvalue weighted by Gasteiger charge is 2.25. The predicted molar refractivity (Wildman–Crippen MR) is 99.2 cm³/mol. The average molecular weight is 337 g/mol. The molecule has 0 amide bonds. The smallest absolute Gasteiger partial charge is 0.185 e. The van der Waals surface area contributed by atoms with E-state index in [0.717, 1.165) is 41.1 Å². The Kier molecular flexibility index (Phi) is 3.87. The van der Waals surface area contributed by atoms with Crippen molar-refractivity contribution >= 4 is 33.4 Å². The maximum Gasteiger partial charge on any atom is 0.185 e. The van der Waals surface area contributed by atoms with Gasteiger partial charge in [-0.15, -0.1) is 11.3 Å². The second-order valence-corrected chi connectivity index (χ2v) is 6.94. The second kappa shape index (κ2) is 6.17. The zero-order chi connectivity index (χ0) is 16.5. The minimum absolute atomic E-state index is 0.591. The number of anilines is 3. The Morgan fingerprint density at radius 2 is 2.04 bits per heavy atom. The lowest BCUT2D eigenvalue weighted by molar-refractivity contribution is 0.577. The fourth-order valence-corrected chi connectivity index (χ4v) is 4.15. The molecule has 1 aromatic carbocycles. The summed E-state index contributed by atoms with van der Waals surface area (Å²) in [5.74, 6) is 0.800. The van der Waals surface area contributed by atoms with Crippen LogP contribution in [0.25, 0.3) is 5.57 Å². The number of nitrogens with one attached hydrogen (secondary N) is 1. The molecule has 0 bridgehead atoms. The van der Waals surface area contributed by atoms with Crippen LogP contribution < -0.4 is 15.1 Å². The molecule has 0 aliphatic carbocycles. The summed E-state index contributed by atoms with van der Waals surface area (Å²) in [6.07, 6.45) is 3.75. The summed E-state index contributed by atoms with van der Waals surface area (Å²) in [6.45, 7) is 2.13. The van der Waals surface area contributed by atoms with E-state index in [1.807, 2.05) is 41.6 Å². The van der Waals surface area contributed by atoms with Crippen LogP contribution in [0.15, 0.2) is 35.5 Å².